The number of carbonyl (C=O) groups excluding carboxylic acids is 2. The third kappa shape index (κ3) is 6.38. The first-order valence-electron chi connectivity index (χ1n) is 7.43. The molecule has 2 nitrogen and oxygen atoms in total. The van der Waals surface area contributed by atoms with Gasteiger partial charge in [-0.25, -0.2) is 0 Å². The summed E-state index contributed by atoms with van der Waals surface area (Å²) in [5.41, 5.74) is 1.59. The molecule has 0 aliphatic heterocycles. The second kappa shape index (κ2) is 9.76. The lowest BCUT2D eigenvalue weighted by atomic mass is 10.1. The molecule has 1 rings (SSSR count). The van der Waals surface area contributed by atoms with Gasteiger partial charge in [0.2, 0.25) is 5.78 Å². The van der Waals surface area contributed by atoms with E-state index < -0.39 is 0 Å². The molecule has 0 atom stereocenters. The highest BCUT2D eigenvalue weighted by Gasteiger charge is 2.15. The van der Waals surface area contributed by atoms with Crippen LogP contribution < -0.4 is 0 Å². The number of hydrogen-bond donors (Lipinski definition) is 0. The van der Waals surface area contributed by atoms with E-state index in [2.05, 4.69) is 6.92 Å². The van der Waals surface area contributed by atoms with Crippen LogP contribution in [0.2, 0.25) is 0 Å². The van der Waals surface area contributed by atoms with Gasteiger partial charge >= 0.3 is 0 Å². The molecule has 0 saturated heterocycles. The van der Waals surface area contributed by atoms with E-state index in [-0.39, 0.29) is 10.9 Å². The summed E-state index contributed by atoms with van der Waals surface area (Å²) in [4.78, 5) is 23.7. The molecule has 0 unspecified atom stereocenters. The molecule has 0 aliphatic rings. The second-order valence-corrected chi connectivity index (χ2v) is 6.17. The van der Waals surface area contributed by atoms with Crippen LogP contribution in [0.4, 0.5) is 0 Å². The van der Waals surface area contributed by atoms with Gasteiger partial charge in [-0.05, 0) is 13.3 Å². The summed E-state index contributed by atoms with van der Waals surface area (Å²) in [5.74, 6) is 0.378. The van der Waals surface area contributed by atoms with E-state index in [0.29, 0.717) is 5.56 Å². The van der Waals surface area contributed by atoms with Crippen LogP contribution in [0, 0.1) is 6.92 Å². The molecule has 0 aliphatic carbocycles. The van der Waals surface area contributed by atoms with Gasteiger partial charge in [0.15, 0.2) is 0 Å². The third-order valence-corrected chi connectivity index (χ3v) is 4.17. The fraction of sp³-hybridized carbons (Fsp3) is 0.529. The zero-order chi connectivity index (χ0) is 14.8. The summed E-state index contributed by atoms with van der Waals surface area (Å²) in [5, 5.41) is -0.331. The van der Waals surface area contributed by atoms with E-state index in [1.165, 1.54) is 25.7 Å². The summed E-state index contributed by atoms with van der Waals surface area (Å²) in [6.07, 6.45) is 7.21. The highest BCUT2D eigenvalue weighted by molar-refractivity contribution is 8.15. The molecule has 20 heavy (non-hydrogen) atoms. The number of carbonyl (C=O) groups is 2. The number of rotatable bonds is 9. The van der Waals surface area contributed by atoms with E-state index in [0.717, 1.165) is 35.9 Å². The van der Waals surface area contributed by atoms with Crippen LogP contribution >= 0.6 is 11.8 Å². The second-order valence-electron chi connectivity index (χ2n) is 5.10. The zero-order valence-electron chi connectivity index (χ0n) is 12.5. The summed E-state index contributed by atoms with van der Waals surface area (Å²) < 4.78 is 0. The van der Waals surface area contributed by atoms with Crippen LogP contribution in [0.15, 0.2) is 24.3 Å². The van der Waals surface area contributed by atoms with Crippen LogP contribution in [0.25, 0.3) is 0 Å². The average Bonchev–Trinajstić information content (AvgIpc) is 2.46. The molecule has 0 saturated carbocycles. The predicted molar refractivity (Wildman–Crippen MR) is 86.4 cm³/mol. The number of unbranched alkanes of at least 4 members (excludes halogenated alkanes) is 5. The molecule has 0 radical (unpaired) electrons. The zero-order valence-corrected chi connectivity index (χ0v) is 13.3. The fourth-order valence-electron chi connectivity index (χ4n) is 1.94. The largest absolute Gasteiger partial charge is 0.284 e. The molecular weight excluding hydrogens is 268 g/mol. The van der Waals surface area contributed by atoms with Crippen molar-refractivity contribution in [3.8, 4) is 0 Å². The minimum Gasteiger partial charge on any atom is -0.284 e. The van der Waals surface area contributed by atoms with Gasteiger partial charge in [0.1, 0.15) is 0 Å². The van der Waals surface area contributed by atoms with Crippen molar-refractivity contribution in [2.24, 2.45) is 0 Å². The van der Waals surface area contributed by atoms with Crippen LogP contribution in [0.3, 0.4) is 0 Å². The monoisotopic (exact) mass is 292 g/mol. The number of aryl methyl sites for hydroxylation is 1. The molecule has 0 bridgehead atoms. The Balaban J connectivity index is 2.22. The molecule has 0 heterocycles. The standard InChI is InChI=1S/C17H24O2S/c1-3-4-5-6-7-8-13-20-17(19)16(18)15-11-9-14(2)10-12-15/h9-12H,3-8,13H2,1-2H3. The van der Waals surface area contributed by atoms with E-state index >= 15 is 0 Å². The van der Waals surface area contributed by atoms with Crippen molar-refractivity contribution in [1.29, 1.82) is 0 Å². The highest BCUT2D eigenvalue weighted by atomic mass is 32.2. The van der Waals surface area contributed by atoms with E-state index in [1.54, 1.807) is 12.1 Å². The number of hydrogen-bond acceptors (Lipinski definition) is 3. The van der Waals surface area contributed by atoms with Crippen molar-refractivity contribution in [1.82, 2.24) is 0 Å². The summed E-state index contributed by atoms with van der Waals surface area (Å²) in [6.45, 7) is 4.16. The van der Waals surface area contributed by atoms with Gasteiger partial charge in [-0.3, -0.25) is 9.59 Å². The topological polar surface area (TPSA) is 34.1 Å². The van der Waals surface area contributed by atoms with Gasteiger partial charge in [-0.1, -0.05) is 80.6 Å². The molecule has 0 aromatic heterocycles. The van der Waals surface area contributed by atoms with Gasteiger partial charge in [0.05, 0.1) is 0 Å². The molecular formula is C17H24O2S. The van der Waals surface area contributed by atoms with Gasteiger partial charge in [-0.15, -0.1) is 0 Å². The Morgan fingerprint density at radius 1 is 0.950 bits per heavy atom. The summed E-state index contributed by atoms with van der Waals surface area (Å²) in [6, 6.07) is 7.17. The Kier molecular flexibility index (Phi) is 8.28. The lowest BCUT2D eigenvalue weighted by Gasteiger charge is -2.02. The predicted octanol–water partition coefficient (Wildman–Crippen LogP) is 4.80. The first kappa shape index (κ1) is 17.0. The number of thioether (sulfide) groups is 1. The Bertz CT molecular complexity index is 423. The lowest BCUT2D eigenvalue weighted by Crippen LogP contribution is -2.10. The Morgan fingerprint density at radius 3 is 2.20 bits per heavy atom. The maximum absolute atomic E-state index is 11.9. The maximum Gasteiger partial charge on any atom is 0.259 e. The summed E-state index contributed by atoms with van der Waals surface area (Å²) >= 11 is 1.16. The molecule has 1 aromatic rings. The Hall–Kier alpha value is -1.09. The van der Waals surface area contributed by atoms with Gasteiger partial charge in [0.25, 0.3) is 5.12 Å². The third-order valence-electron chi connectivity index (χ3n) is 3.23. The number of benzene rings is 1. The van der Waals surface area contributed by atoms with E-state index in [1.807, 2.05) is 19.1 Å². The van der Waals surface area contributed by atoms with Crippen LogP contribution in [0.5, 0.6) is 0 Å². The van der Waals surface area contributed by atoms with Gasteiger partial charge in [-0.2, -0.15) is 0 Å². The first-order chi connectivity index (χ1) is 9.65. The van der Waals surface area contributed by atoms with E-state index in [9.17, 15) is 9.59 Å². The Morgan fingerprint density at radius 2 is 1.55 bits per heavy atom. The first-order valence-corrected chi connectivity index (χ1v) is 8.42. The number of Topliss-reactive ketones (excluding diaryl/α,β-unsaturated/α-hetero) is 1. The lowest BCUT2D eigenvalue weighted by molar-refractivity contribution is -0.107. The van der Waals surface area contributed by atoms with Crippen LogP contribution in [-0.4, -0.2) is 16.7 Å². The quantitative estimate of drug-likeness (QED) is 0.372. The molecule has 0 spiro atoms. The molecule has 110 valence electrons. The Labute approximate surface area is 126 Å². The fourth-order valence-corrected chi connectivity index (χ4v) is 2.72. The number of ketones is 1. The smallest absolute Gasteiger partial charge is 0.259 e. The summed E-state index contributed by atoms with van der Waals surface area (Å²) in [7, 11) is 0. The van der Waals surface area contributed by atoms with Crippen molar-refractivity contribution >= 4 is 22.7 Å². The SMILES string of the molecule is CCCCCCCCSC(=O)C(=O)c1ccc(C)cc1. The van der Waals surface area contributed by atoms with Crippen molar-refractivity contribution in [2.75, 3.05) is 5.75 Å². The minimum absolute atomic E-state index is 0.331. The molecule has 3 heteroatoms. The molecule has 0 fully saturated rings. The van der Waals surface area contributed by atoms with E-state index in [4.69, 9.17) is 0 Å². The molecule has 1 aromatic carbocycles. The van der Waals surface area contributed by atoms with Crippen molar-refractivity contribution in [3.63, 3.8) is 0 Å². The van der Waals surface area contributed by atoms with Crippen molar-refractivity contribution in [2.45, 2.75) is 52.4 Å². The van der Waals surface area contributed by atoms with Gasteiger partial charge in [0, 0.05) is 11.3 Å². The average molecular weight is 292 g/mol. The van der Waals surface area contributed by atoms with Crippen LogP contribution in [0.1, 0.15) is 61.4 Å². The highest BCUT2D eigenvalue weighted by Crippen LogP contribution is 2.14. The minimum atomic E-state index is -0.374. The molecule has 0 amide bonds. The normalized spacial score (nSPS) is 10.5. The van der Waals surface area contributed by atoms with Crippen LogP contribution in [-0.2, 0) is 4.79 Å². The van der Waals surface area contributed by atoms with Crippen molar-refractivity contribution < 1.29 is 9.59 Å². The maximum atomic E-state index is 11.9. The molecule has 0 N–H and O–H groups in total. The van der Waals surface area contributed by atoms with Crippen molar-refractivity contribution in [3.05, 3.63) is 35.4 Å². The van der Waals surface area contributed by atoms with Gasteiger partial charge < -0.3 is 0 Å².